The molecule has 0 saturated carbocycles. The number of benzene rings is 2. The van der Waals surface area contributed by atoms with E-state index in [9.17, 15) is 4.79 Å². The maximum Gasteiger partial charge on any atom is 0.338 e. The van der Waals surface area contributed by atoms with Crippen molar-refractivity contribution in [1.82, 2.24) is 4.98 Å². The lowest BCUT2D eigenvalue weighted by Gasteiger charge is -2.14. The lowest BCUT2D eigenvalue weighted by molar-refractivity contribution is 0.0466. The Morgan fingerprint density at radius 3 is 2.54 bits per heavy atom. The molecule has 6 heteroatoms. The summed E-state index contributed by atoms with van der Waals surface area (Å²) in [5.74, 6) is 1.70. The van der Waals surface area contributed by atoms with E-state index in [4.69, 9.17) is 18.6 Å². The summed E-state index contributed by atoms with van der Waals surface area (Å²) in [6.07, 6.45) is 0.000604. The number of rotatable bonds is 7. The number of hydrogen-bond acceptors (Lipinski definition) is 6. The van der Waals surface area contributed by atoms with Crippen LogP contribution in [-0.2, 0) is 11.3 Å². The number of oxazole rings is 1. The Labute approximate surface area is 164 Å². The molecular weight excluding hydrogens is 358 g/mol. The van der Waals surface area contributed by atoms with Gasteiger partial charge in [-0.1, -0.05) is 18.2 Å². The Hall–Kier alpha value is -3.28. The van der Waals surface area contributed by atoms with E-state index in [-0.39, 0.29) is 12.7 Å². The van der Waals surface area contributed by atoms with Crippen LogP contribution in [0, 0.1) is 6.92 Å². The third-order valence-electron chi connectivity index (χ3n) is 4.02. The lowest BCUT2D eigenvalue weighted by Crippen LogP contribution is -2.09. The first kappa shape index (κ1) is 19.5. The van der Waals surface area contributed by atoms with Gasteiger partial charge in [-0.15, -0.1) is 0 Å². The molecule has 0 bridgehead atoms. The first-order valence-electron chi connectivity index (χ1n) is 9.01. The Morgan fingerprint density at radius 1 is 1.11 bits per heavy atom. The van der Waals surface area contributed by atoms with E-state index in [1.54, 1.807) is 25.1 Å². The number of carbonyl (C=O) groups is 1. The molecule has 0 unspecified atom stereocenters. The van der Waals surface area contributed by atoms with Crippen LogP contribution in [0.4, 0.5) is 0 Å². The third kappa shape index (κ3) is 4.52. The van der Waals surface area contributed by atoms with Crippen LogP contribution in [0.3, 0.4) is 0 Å². The highest BCUT2D eigenvalue weighted by molar-refractivity contribution is 5.90. The second-order valence-electron chi connectivity index (χ2n) is 6.50. The summed E-state index contributed by atoms with van der Waals surface area (Å²) >= 11 is 0. The van der Waals surface area contributed by atoms with Crippen molar-refractivity contribution in [3.05, 3.63) is 65.5 Å². The van der Waals surface area contributed by atoms with Gasteiger partial charge < -0.3 is 18.6 Å². The van der Waals surface area contributed by atoms with E-state index in [1.165, 1.54) is 7.11 Å². The molecule has 0 atom stereocenters. The summed E-state index contributed by atoms with van der Waals surface area (Å²) in [4.78, 5) is 16.9. The minimum Gasteiger partial charge on any atom is -0.493 e. The number of nitrogens with zero attached hydrogens (tertiary/aromatic N) is 1. The van der Waals surface area contributed by atoms with Crippen LogP contribution in [0.1, 0.15) is 35.7 Å². The molecule has 2 aromatic carbocycles. The fourth-order valence-electron chi connectivity index (χ4n) is 2.63. The molecule has 1 heterocycles. The normalized spacial score (nSPS) is 10.8. The summed E-state index contributed by atoms with van der Waals surface area (Å²) < 4.78 is 22.1. The van der Waals surface area contributed by atoms with Gasteiger partial charge in [0.25, 0.3) is 0 Å². The van der Waals surface area contributed by atoms with Crippen molar-refractivity contribution < 1.29 is 23.4 Å². The molecule has 0 amide bonds. The molecule has 3 rings (SSSR count). The Morgan fingerprint density at radius 2 is 1.86 bits per heavy atom. The standard InChI is InChI=1S/C22H23NO5/c1-14(2)27-19-11-10-17(12-20(19)25-4)22(24)26-13-18-15(3)28-21(23-18)16-8-6-5-7-9-16/h5-12,14H,13H2,1-4H3. The number of aryl methyl sites for hydroxylation is 1. The smallest absolute Gasteiger partial charge is 0.338 e. The summed E-state index contributed by atoms with van der Waals surface area (Å²) in [7, 11) is 1.53. The average Bonchev–Trinajstić information content (AvgIpc) is 3.07. The van der Waals surface area contributed by atoms with Crippen LogP contribution in [0.15, 0.2) is 52.9 Å². The van der Waals surface area contributed by atoms with E-state index >= 15 is 0 Å². The van der Waals surface area contributed by atoms with Gasteiger partial charge in [0.15, 0.2) is 11.5 Å². The van der Waals surface area contributed by atoms with Crippen LogP contribution < -0.4 is 9.47 Å². The molecule has 3 aromatic rings. The van der Waals surface area contributed by atoms with Crippen molar-refractivity contribution in [2.75, 3.05) is 7.11 Å². The lowest BCUT2D eigenvalue weighted by atomic mass is 10.2. The number of methoxy groups -OCH3 is 1. The van der Waals surface area contributed by atoms with Crippen molar-refractivity contribution in [2.45, 2.75) is 33.5 Å². The maximum atomic E-state index is 12.4. The van der Waals surface area contributed by atoms with Crippen LogP contribution in [-0.4, -0.2) is 24.2 Å². The van der Waals surface area contributed by atoms with Crippen molar-refractivity contribution in [3.8, 4) is 23.0 Å². The van der Waals surface area contributed by atoms with Gasteiger partial charge in [-0.25, -0.2) is 9.78 Å². The van der Waals surface area contributed by atoms with Crippen molar-refractivity contribution >= 4 is 5.97 Å². The summed E-state index contributed by atoms with van der Waals surface area (Å²) in [6, 6.07) is 14.5. The van der Waals surface area contributed by atoms with Gasteiger partial charge in [0, 0.05) is 5.56 Å². The zero-order valence-electron chi connectivity index (χ0n) is 16.4. The fourth-order valence-corrected chi connectivity index (χ4v) is 2.63. The molecule has 0 saturated heterocycles. The van der Waals surface area contributed by atoms with Crippen molar-refractivity contribution in [2.24, 2.45) is 0 Å². The minimum atomic E-state index is -0.474. The number of ether oxygens (including phenoxy) is 3. The SMILES string of the molecule is COc1cc(C(=O)OCc2nc(-c3ccccc3)oc2C)ccc1OC(C)C. The Kier molecular flexibility index (Phi) is 5.99. The quantitative estimate of drug-likeness (QED) is 0.547. The average molecular weight is 381 g/mol. The molecule has 0 fully saturated rings. The molecule has 1 aromatic heterocycles. The molecular formula is C22H23NO5. The zero-order valence-corrected chi connectivity index (χ0v) is 16.4. The Balaban J connectivity index is 1.70. The minimum absolute atomic E-state index is 0.000604. The van der Waals surface area contributed by atoms with Crippen molar-refractivity contribution in [1.29, 1.82) is 0 Å². The molecule has 0 N–H and O–H groups in total. The molecule has 0 aliphatic heterocycles. The number of esters is 1. The van der Waals surface area contributed by atoms with Gasteiger partial charge in [-0.3, -0.25) is 0 Å². The zero-order chi connectivity index (χ0) is 20.1. The molecule has 146 valence electrons. The summed E-state index contributed by atoms with van der Waals surface area (Å²) in [6.45, 7) is 5.66. The molecule has 0 aliphatic carbocycles. The molecule has 0 radical (unpaired) electrons. The second-order valence-corrected chi connectivity index (χ2v) is 6.50. The highest BCUT2D eigenvalue weighted by Crippen LogP contribution is 2.29. The van der Waals surface area contributed by atoms with E-state index in [2.05, 4.69) is 4.98 Å². The van der Waals surface area contributed by atoms with Gasteiger partial charge >= 0.3 is 5.97 Å². The van der Waals surface area contributed by atoms with E-state index < -0.39 is 5.97 Å². The molecule has 28 heavy (non-hydrogen) atoms. The van der Waals surface area contributed by atoms with E-state index in [1.807, 2.05) is 44.2 Å². The Bertz CT molecular complexity index is 947. The number of carbonyl (C=O) groups excluding carboxylic acids is 1. The largest absolute Gasteiger partial charge is 0.493 e. The monoisotopic (exact) mass is 381 g/mol. The van der Waals surface area contributed by atoms with Crippen LogP contribution in [0.25, 0.3) is 11.5 Å². The van der Waals surface area contributed by atoms with Gasteiger partial charge in [-0.2, -0.15) is 0 Å². The fraction of sp³-hybridized carbons (Fsp3) is 0.273. The third-order valence-corrected chi connectivity index (χ3v) is 4.02. The van der Waals surface area contributed by atoms with Crippen LogP contribution in [0.5, 0.6) is 11.5 Å². The first-order chi connectivity index (χ1) is 13.5. The van der Waals surface area contributed by atoms with Gasteiger partial charge in [0.05, 0.1) is 18.8 Å². The predicted molar refractivity (Wildman–Crippen MR) is 105 cm³/mol. The van der Waals surface area contributed by atoms with E-state index in [0.29, 0.717) is 34.4 Å². The predicted octanol–water partition coefficient (Wildman–Crippen LogP) is 4.80. The van der Waals surface area contributed by atoms with Gasteiger partial charge in [-0.05, 0) is 51.1 Å². The van der Waals surface area contributed by atoms with Gasteiger partial charge in [0.2, 0.25) is 5.89 Å². The highest BCUT2D eigenvalue weighted by Gasteiger charge is 2.16. The van der Waals surface area contributed by atoms with E-state index in [0.717, 1.165) is 5.56 Å². The topological polar surface area (TPSA) is 70.8 Å². The second kappa shape index (κ2) is 8.61. The molecule has 0 aliphatic rings. The number of aromatic nitrogens is 1. The maximum absolute atomic E-state index is 12.4. The summed E-state index contributed by atoms with van der Waals surface area (Å²) in [5, 5.41) is 0. The van der Waals surface area contributed by atoms with Gasteiger partial charge in [0.1, 0.15) is 18.1 Å². The van der Waals surface area contributed by atoms with Crippen LogP contribution >= 0.6 is 0 Å². The van der Waals surface area contributed by atoms with Crippen molar-refractivity contribution in [3.63, 3.8) is 0 Å². The summed E-state index contributed by atoms with van der Waals surface area (Å²) in [5.41, 5.74) is 1.82. The molecule has 6 nitrogen and oxygen atoms in total. The molecule has 0 spiro atoms. The first-order valence-corrected chi connectivity index (χ1v) is 9.01. The van der Waals surface area contributed by atoms with Crippen LogP contribution in [0.2, 0.25) is 0 Å². The highest BCUT2D eigenvalue weighted by atomic mass is 16.5. The number of hydrogen-bond donors (Lipinski definition) is 0.